The van der Waals surface area contributed by atoms with Crippen molar-refractivity contribution < 1.29 is 40.3 Å². The van der Waals surface area contributed by atoms with E-state index in [1.165, 1.54) is 0 Å². The van der Waals surface area contributed by atoms with E-state index in [0.29, 0.717) is 19.3 Å². The molecule has 0 aromatic heterocycles. The Morgan fingerprint density at radius 2 is 1.40 bits per heavy atom. The normalized spacial score (nSPS) is 20.5. The standard InChI is InChI=1S/C19H21F7N2O2/c20-17(21,18(22,23)19(24,25)26)16(30)28-14-9-5-4-8-13(14)27-15(29)11-10-12-6-2-1-3-7-12/h1-3,6-7,13-14H,4-5,8-11H2,(H,27,29)(H,28,30)/t13-,14-/m1/s1. The summed E-state index contributed by atoms with van der Waals surface area (Å²) >= 11 is 0. The van der Waals surface area contributed by atoms with E-state index in [-0.39, 0.29) is 19.3 Å². The maximum Gasteiger partial charge on any atom is 0.460 e. The molecule has 1 aromatic rings. The van der Waals surface area contributed by atoms with Gasteiger partial charge >= 0.3 is 18.0 Å². The van der Waals surface area contributed by atoms with Crippen molar-refractivity contribution in [3.8, 4) is 0 Å². The molecule has 1 saturated carbocycles. The van der Waals surface area contributed by atoms with Gasteiger partial charge in [0.25, 0.3) is 5.91 Å². The number of benzene rings is 1. The molecule has 2 rings (SSSR count). The minimum atomic E-state index is -6.59. The molecular formula is C19H21F7N2O2. The van der Waals surface area contributed by atoms with Gasteiger partial charge in [0.05, 0.1) is 0 Å². The Morgan fingerprint density at radius 1 is 0.867 bits per heavy atom. The molecule has 0 heterocycles. The van der Waals surface area contributed by atoms with Crippen LogP contribution in [0.15, 0.2) is 30.3 Å². The molecule has 1 aromatic carbocycles. The second kappa shape index (κ2) is 9.22. The highest BCUT2D eigenvalue weighted by atomic mass is 19.4. The van der Waals surface area contributed by atoms with Gasteiger partial charge in [-0.1, -0.05) is 43.2 Å². The van der Waals surface area contributed by atoms with Crippen LogP contribution in [0.2, 0.25) is 0 Å². The van der Waals surface area contributed by atoms with Crippen LogP contribution in [0.25, 0.3) is 0 Å². The summed E-state index contributed by atoms with van der Waals surface area (Å²) in [4.78, 5) is 23.8. The zero-order valence-electron chi connectivity index (χ0n) is 15.7. The largest absolute Gasteiger partial charge is 0.460 e. The van der Waals surface area contributed by atoms with Crippen molar-refractivity contribution >= 4 is 11.8 Å². The summed E-state index contributed by atoms with van der Waals surface area (Å²) in [6, 6.07) is 6.97. The fraction of sp³-hybridized carbons (Fsp3) is 0.579. The Kier molecular flexibility index (Phi) is 7.36. The van der Waals surface area contributed by atoms with E-state index in [1.807, 2.05) is 0 Å². The van der Waals surface area contributed by atoms with E-state index >= 15 is 0 Å². The van der Waals surface area contributed by atoms with Crippen LogP contribution in [-0.4, -0.2) is 41.9 Å². The maximum absolute atomic E-state index is 13.6. The number of amides is 2. The summed E-state index contributed by atoms with van der Waals surface area (Å²) in [6.07, 6.45) is -4.80. The molecule has 1 aliphatic rings. The van der Waals surface area contributed by atoms with Gasteiger partial charge in [0.2, 0.25) is 5.91 Å². The first-order valence-corrected chi connectivity index (χ1v) is 9.33. The molecule has 4 nitrogen and oxygen atoms in total. The molecule has 168 valence electrons. The van der Waals surface area contributed by atoms with Crippen LogP contribution < -0.4 is 10.6 Å². The van der Waals surface area contributed by atoms with Gasteiger partial charge in [-0.15, -0.1) is 0 Å². The number of rotatable bonds is 7. The van der Waals surface area contributed by atoms with Crippen molar-refractivity contribution in [3.63, 3.8) is 0 Å². The molecule has 1 fully saturated rings. The van der Waals surface area contributed by atoms with Crippen molar-refractivity contribution in [1.82, 2.24) is 10.6 Å². The third-order valence-corrected chi connectivity index (χ3v) is 4.95. The first-order valence-electron chi connectivity index (χ1n) is 9.33. The van der Waals surface area contributed by atoms with E-state index in [9.17, 15) is 40.3 Å². The molecule has 30 heavy (non-hydrogen) atoms. The number of nitrogens with one attached hydrogen (secondary N) is 2. The highest BCUT2D eigenvalue weighted by Crippen LogP contribution is 2.46. The van der Waals surface area contributed by atoms with Crippen LogP contribution in [0.5, 0.6) is 0 Å². The average Bonchev–Trinajstić information content (AvgIpc) is 2.67. The highest BCUT2D eigenvalue weighted by molar-refractivity contribution is 5.85. The quantitative estimate of drug-likeness (QED) is 0.628. The summed E-state index contributed by atoms with van der Waals surface area (Å²) in [7, 11) is 0. The first kappa shape index (κ1) is 23.9. The minimum Gasteiger partial charge on any atom is -0.351 e. The van der Waals surface area contributed by atoms with Crippen molar-refractivity contribution in [3.05, 3.63) is 35.9 Å². The summed E-state index contributed by atoms with van der Waals surface area (Å²) in [6.45, 7) is 0. The first-order chi connectivity index (χ1) is 13.9. The Balaban J connectivity index is 1.99. The zero-order valence-corrected chi connectivity index (χ0v) is 15.7. The van der Waals surface area contributed by atoms with Gasteiger partial charge in [-0.25, -0.2) is 0 Å². The summed E-state index contributed by atoms with van der Waals surface area (Å²) in [5, 5.41) is 4.14. The summed E-state index contributed by atoms with van der Waals surface area (Å²) < 4.78 is 90.1. The number of halogens is 7. The second-order valence-electron chi connectivity index (χ2n) is 7.17. The van der Waals surface area contributed by atoms with E-state index in [2.05, 4.69) is 5.32 Å². The molecular weight excluding hydrogens is 421 g/mol. The third kappa shape index (κ3) is 5.42. The van der Waals surface area contributed by atoms with Gasteiger partial charge in [0.15, 0.2) is 0 Å². The second-order valence-corrected chi connectivity index (χ2v) is 7.17. The average molecular weight is 442 g/mol. The minimum absolute atomic E-state index is 0.0586. The molecule has 0 aliphatic heterocycles. The van der Waals surface area contributed by atoms with Crippen LogP contribution in [0.1, 0.15) is 37.7 Å². The fourth-order valence-electron chi connectivity index (χ4n) is 3.24. The van der Waals surface area contributed by atoms with Gasteiger partial charge in [-0.05, 0) is 24.8 Å². The highest BCUT2D eigenvalue weighted by Gasteiger charge is 2.76. The van der Waals surface area contributed by atoms with Crippen LogP contribution in [0.3, 0.4) is 0 Å². The molecule has 11 heteroatoms. The zero-order chi connectivity index (χ0) is 22.6. The Labute approximate surface area is 168 Å². The van der Waals surface area contributed by atoms with Gasteiger partial charge in [0, 0.05) is 18.5 Å². The van der Waals surface area contributed by atoms with Gasteiger partial charge in [-0.3, -0.25) is 9.59 Å². The molecule has 1 aliphatic carbocycles. The van der Waals surface area contributed by atoms with Gasteiger partial charge < -0.3 is 10.6 Å². The van der Waals surface area contributed by atoms with Crippen molar-refractivity contribution in [2.24, 2.45) is 0 Å². The predicted molar refractivity (Wildman–Crippen MR) is 93.0 cm³/mol. The Bertz CT molecular complexity index is 738. The van der Waals surface area contributed by atoms with Gasteiger partial charge in [0.1, 0.15) is 0 Å². The molecule has 2 N–H and O–H groups in total. The van der Waals surface area contributed by atoms with E-state index < -0.39 is 41.9 Å². The lowest BCUT2D eigenvalue weighted by molar-refractivity contribution is -0.344. The molecule has 0 spiro atoms. The van der Waals surface area contributed by atoms with E-state index in [1.54, 1.807) is 35.6 Å². The third-order valence-electron chi connectivity index (χ3n) is 4.95. The molecule has 2 atom stereocenters. The number of alkyl halides is 7. The summed E-state index contributed by atoms with van der Waals surface area (Å²) in [5.41, 5.74) is 0.884. The fourth-order valence-corrected chi connectivity index (χ4v) is 3.24. The lowest BCUT2D eigenvalue weighted by atomic mass is 9.89. The number of carbonyl (C=O) groups is 2. The Morgan fingerprint density at radius 3 is 1.93 bits per heavy atom. The number of aryl methyl sites for hydroxylation is 1. The predicted octanol–water partition coefficient (Wildman–Crippen LogP) is 4.00. The van der Waals surface area contributed by atoms with Crippen LogP contribution in [0.4, 0.5) is 30.7 Å². The topological polar surface area (TPSA) is 58.2 Å². The lowest BCUT2D eigenvalue weighted by Gasteiger charge is -2.35. The smallest absolute Gasteiger partial charge is 0.351 e. The van der Waals surface area contributed by atoms with E-state index in [4.69, 9.17) is 0 Å². The SMILES string of the molecule is O=C(CCc1ccccc1)N[C@@H]1CCCC[C@H]1NC(=O)C(F)(F)C(F)(F)C(F)(F)F. The number of carbonyl (C=O) groups excluding carboxylic acids is 2. The van der Waals surface area contributed by atoms with Crippen LogP contribution in [-0.2, 0) is 16.0 Å². The Hall–Kier alpha value is -2.33. The number of hydrogen-bond donors (Lipinski definition) is 2. The van der Waals surface area contributed by atoms with Crippen LogP contribution >= 0.6 is 0 Å². The maximum atomic E-state index is 13.6. The lowest BCUT2D eigenvalue weighted by Crippen LogP contribution is -2.63. The molecule has 2 amide bonds. The van der Waals surface area contributed by atoms with Gasteiger partial charge in [-0.2, -0.15) is 30.7 Å². The molecule has 0 radical (unpaired) electrons. The van der Waals surface area contributed by atoms with Crippen molar-refractivity contribution in [2.75, 3.05) is 0 Å². The molecule has 0 saturated heterocycles. The van der Waals surface area contributed by atoms with Crippen LogP contribution in [0, 0.1) is 0 Å². The van der Waals surface area contributed by atoms with E-state index in [0.717, 1.165) is 5.56 Å². The van der Waals surface area contributed by atoms with Crippen molar-refractivity contribution in [2.45, 2.75) is 68.6 Å². The molecule has 0 unspecified atom stereocenters. The summed E-state index contributed by atoms with van der Waals surface area (Å²) in [5.74, 6) is -15.7. The monoisotopic (exact) mass is 442 g/mol. The van der Waals surface area contributed by atoms with Crippen molar-refractivity contribution in [1.29, 1.82) is 0 Å². The molecule has 0 bridgehead atoms. The number of hydrogen-bond acceptors (Lipinski definition) is 2.